The minimum Gasteiger partial charge on any atom is -0.477 e. The van der Waals surface area contributed by atoms with Crippen molar-refractivity contribution in [1.82, 2.24) is 10.2 Å². The monoisotopic (exact) mass is 312 g/mol. The fourth-order valence-electron chi connectivity index (χ4n) is 3.48. The number of thioether (sulfide) groups is 1. The van der Waals surface area contributed by atoms with E-state index in [9.17, 15) is 19.8 Å². The molecule has 0 aromatic carbocycles. The van der Waals surface area contributed by atoms with Gasteiger partial charge in [-0.2, -0.15) is 0 Å². The van der Waals surface area contributed by atoms with Gasteiger partial charge in [-0.1, -0.05) is 0 Å². The van der Waals surface area contributed by atoms with Gasteiger partial charge in [0.25, 0.3) is 0 Å². The van der Waals surface area contributed by atoms with Gasteiger partial charge in [-0.15, -0.1) is 11.8 Å². The zero-order valence-corrected chi connectivity index (χ0v) is 12.9. The van der Waals surface area contributed by atoms with Crippen molar-refractivity contribution in [3.63, 3.8) is 0 Å². The highest BCUT2D eigenvalue weighted by molar-refractivity contribution is 8.03. The Labute approximate surface area is 127 Å². The maximum Gasteiger partial charge on any atom is 0.353 e. The Morgan fingerprint density at radius 1 is 1.48 bits per heavy atom. The van der Waals surface area contributed by atoms with Gasteiger partial charge in [-0.25, -0.2) is 4.79 Å². The average Bonchev–Trinajstić information content (AvgIpc) is 2.94. The van der Waals surface area contributed by atoms with Crippen LogP contribution in [-0.4, -0.2) is 57.0 Å². The summed E-state index contributed by atoms with van der Waals surface area (Å²) in [6.07, 6.45) is 1.55. The zero-order chi connectivity index (χ0) is 15.4. The summed E-state index contributed by atoms with van der Waals surface area (Å²) in [6, 6.07) is -0.208. The number of hydrogen-bond acceptors (Lipinski definition) is 5. The number of amides is 1. The third kappa shape index (κ3) is 2.37. The van der Waals surface area contributed by atoms with Crippen molar-refractivity contribution in [3.05, 3.63) is 10.6 Å². The zero-order valence-electron chi connectivity index (χ0n) is 12.1. The van der Waals surface area contributed by atoms with E-state index < -0.39 is 17.5 Å². The van der Waals surface area contributed by atoms with Crippen LogP contribution in [0.15, 0.2) is 10.6 Å². The molecule has 3 rings (SSSR count). The first kappa shape index (κ1) is 14.9. The summed E-state index contributed by atoms with van der Waals surface area (Å²) in [5, 5.41) is 23.2. The maximum absolute atomic E-state index is 12.2. The minimum atomic E-state index is -1.11. The normalized spacial score (nSPS) is 32.4. The summed E-state index contributed by atoms with van der Waals surface area (Å²) in [5.41, 5.74) is -0.987. The SMILES string of the molecule is CC(C)(O)C1C(=O)N2C(C(=O)O)=C(SC3CCNC3)C[C@H]12. The Balaban J connectivity index is 1.83. The van der Waals surface area contributed by atoms with E-state index in [2.05, 4.69) is 5.32 Å². The summed E-state index contributed by atoms with van der Waals surface area (Å²) in [7, 11) is 0. The van der Waals surface area contributed by atoms with Crippen LogP contribution < -0.4 is 5.32 Å². The molecule has 2 fully saturated rings. The van der Waals surface area contributed by atoms with Gasteiger partial charge in [-0.05, 0) is 26.8 Å². The molecule has 0 radical (unpaired) electrons. The smallest absolute Gasteiger partial charge is 0.353 e. The molecular formula is C14H20N2O4S. The number of carbonyl (C=O) groups excluding carboxylic acids is 1. The van der Waals surface area contributed by atoms with E-state index in [1.54, 1.807) is 25.6 Å². The van der Waals surface area contributed by atoms with Crippen LogP contribution in [0.3, 0.4) is 0 Å². The Morgan fingerprint density at radius 2 is 2.19 bits per heavy atom. The lowest BCUT2D eigenvalue weighted by Gasteiger charge is -2.48. The maximum atomic E-state index is 12.2. The van der Waals surface area contributed by atoms with Crippen molar-refractivity contribution in [2.45, 2.75) is 43.6 Å². The highest BCUT2D eigenvalue weighted by Crippen LogP contribution is 2.50. The predicted octanol–water partition coefficient (Wildman–Crippen LogP) is 0.379. The van der Waals surface area contributed by atoms with E-state index >= 15 is 0 Å². The first-order chi connectivity index (χ1) is 9.80. The van der Waals surface area contributed by atoms with Gasteiger partial charge in [0.1, 0.15) is 5.70 Å². The molecule has 116 valence electrons. The van der Waals surface area contributed by atoms with E-state index in [-0.39, 0.29) is 17.6 Å². The number of nitrogens with zero attached hydrogens (tertiary/aromatic N) is 1. The van der Waals surface area contributed by atoms with E-state index in [0.29, 0.717) is 11.7 Å². The van der Waals surface area contributed by atoms with Crippen LogP contribution in [0.4, 0.5) is 0 Å². The van der Waals surface area contributed by atoms with Crippen LogP contribution in [0.25, 0.3) is 0 Å². The summed E-state index contributed by atoms with van der Waals surface area (Å²) >= 11 is 1.57. The second kappa shape index (κ2) is 5.00. The summed E-state index contributed by atoms with van der Waals surface area (Å²) in [4.78, 5) is 25.9. The molecule has 21 heavy (non-hydrogen) atoms. The van der Waals surface area contributed by atoms with Crippen molar-refractivity contribution in [3.8, 4) is 0 Å². The number of carboxylic acids is 1. The highest BCUT2D eigenvalue weighted by Gasteiger charge is 2.59. The van der Waals surface area contributed by atoms with Crippen LogP contribution in [0.2, 0.25) is 0 Å². The molecule has 0 aromatic rings. The number of aliphatic hydroxyl groups is 1. The predicted molar refractivity (Wildman–Crippen MR) is 78.6 cm³/mol. The lowest BCUT2D eigenvalue weighted by Crippen LogP contribution is -2.65. The highest BCUT2D eigenvalue weighted by atomic mass is 32.2. The Kier molecular flexibility index (Phi) is 3.54. The fourth-order valence-corrected chi connectivity index (χ4v) is 4.88. The van der Waals surface area contributed by atoms with Crippen LogP contribution in [0.1, 0.15) is 26.7 Å². The molecule has 0 spiro atoms. The van der Waals surface area contributed by atoms with Crippen LogP contribution in [0.5, 0.6) is 0 Å². The van der Waals surface area contributed by atoms with Gasteiger partial charge in [0.15, 0.2) is 0 Å². The molecule has 2 saturated heterocycles. The molecule has 0 aliphatic carbocycles. The topological polar surface area (TPSA) is 89.9 Å². The third-order valence-electron chi connectivity index (χ3n) is 4.41. The quantitative estimate of drug-likeness (QED) is 0.650. The summed E-state index contributed by atoms with van der Waals surface area (Å²) in [6.45, 7) is 5.04. The molecule has 0 bridgehead atoms. The Morgan fingerprint density at radius 3 is 2.71 bits per heavy atom. The van der Waals surface area contributed by atoms with Crippen molar-refractivity contribution in [1.29, 1.82) is 0 Å². The van der Waals surface area contributed by atoms with Gasteiger partial charge in [0.2, 0.25) is 5.91 Å². The second-order valence-corrected chi connectivity index (χ2v) is 7.82. The number of aliphatic carboxylic acids is 1. The number of rotatable bonds is 4. The van der Waals surface area contributed by atoms with Gasteiger partial charge in [0, 0.05) is 23.1 Å². The molecule has 1 amide bonds. The lowest BCUT2D eigenvalue weighted by molar-refractivity contribution is -0.169. The number of hydrogen-bond donors (Lipinski definition) is 3. The average molecular weight is 312 g/mol. The molecule has 3 heterocycles. The van der Waals surface area contributed by atoms with E-state index in [1.807, 2.05) is 0 Å². The van der Waals surface area contributed by atoms with Crippen LogP contribution in [0, 0.1) is 5.92 Å². The molecule has 3 N–H and O–H groups in total. The number of β-lactam (4-membered cyclic amide) rings is 1. The molecule has 0 aromatic heterocycles. The van der Waals surface area contributed by atoms with Crippen molar-refractivity contribution in [2.24, 2.45) is 5.92 Å². The van der Waals surface area contributed by atoms with Gasteiger partial charge < -0.3 is 20.4 Å². The molecule has 6 nitrogen and oxygen atoms in total. The van der Waals surface area contributed by atoms with E-state index in [4.69, 9.17) is 0 Å². The van der Waals surface area contributed by atoms with Gasteiger partial charge >= 0.3 is 5.97 Å². The molecular weight excluding hydrogens is 292 g/mol. The summed E-state index contributed by atoms with van der Waals surface area (Å²) < 4.78 is 0. The molecule has 3 aliphatic heterocycles. The van der Waals surface area contributed by atoms with Crippen molar-refractivity contribution in [2.75, 3.05) is 13.1 Å². The number of fused-ring (bicyclic) bond motifs is 1. The Bertz CT molecular complexity index is 520. The van der Waals surface area contributed by atoms with Crippen LogP contribution in [-0.2, 0) is 9.59 Å². The minimum absolute atomic E-state index is 0.127. The molecule has 0 saturated carbocycles. The lowest BCUT2D eigenvalue weighted by atomic mass is 9.76. The Hall–Kier alpha value is -1.05. The fraction of sp³-hybridized carbons (Fsp3) is 0.714. The van der Waals surface area contributed by atoms with Gasteiger partial charge in [-0.3, -0.25) is 4.79 Å². The van der Waals surface area contributed by atoms with Gasteiger partial charge in [0.05, 0.1) is 17.6 Å². The second-order valence-electron chi connectivity index (χ2n) is 6.42. The largest absolute Gasteiger partial charge is 0.477 e. The van der Waals surface area contributed by atoms with E-state index in [0.717, 1.165) is 24.4 Å². The standard InChI is InChI=1S/C14H20N2O4S/c1-14(2,20)10-8-5-9(21-7-3-4-15-6-7)11(13(18)19)16(8)12(10)17/h7-8,10,15,20H,3-6H2,1-2H3,(H,18,19)/t7?,8-,10?/m1/s1. The number of carboxylic acid groups (broad SMARTS) is 1. The third-order valence-corrected chi connectivity index (χ3v) is 5.79. The van der Waals surface area contributed by atoms with Crippen LogP contribution >= 0.6 is 11.8 Å². The molecule has 7 heteroatoms. The number of nitrogens with one attached hydrogen (secondary N) is 1. The first-order valence-electron chi connectivity index (χ1n) is 7.20. The first-order valence-corrected chi connectivity index (χ1v) is 8.08. The molecule has 3 atom stereocenters. The molecule has 3 aliphatic rings. The summed E-state index contributed by atoms with van der Waals surface area (Å²) in [5.74, 6) is -1.83. The molecule has 2 unspecified atom stereocenters. The van der Waals surface area contributed by atoms with Crippen molar-refractivity contribution >= 4 is 23.6 Å². The van der Waals surface area contributed by atoms with Crippen molar-refractivity contribution < 1.29 is 19.8 Å². The van der Waals surface area contributed by atoms with E-state index in [1.165, 1.54) is 4.90 Å². The number of carbonyl (C=O) groups is 2.